The highest BCUT2D eigenvalue weighted by Gasteiger charge is 2.45. The Morgan fingerprint density at radius 3 is 2.37 bits per heavy atom. The molecule has 1 aliphatic heterocycles. The molecular weight excluding hydrogens is 234 g/mol. The third kappa shape index (κ3) is 3.58. The van der Waals surface area contributed by atoms with Gasteiger partial charge in [-0.2, -0.15) is 0 Å². The highest BCUT2D eigenvalue weighted by atomic mass is 16.5. The zero-order valence-corrected chi connectivity index (χ0v) is 12.9. The van der Waals surface area contributed by atoms with E-state index >= 15 is 0 Å². The van der Waals surface area contributed by atoms with Crippen LogP contribution in [-0.4, -0.2) is 23.8 Å². The van der Waals surface area contributed by atoms with Crippen molar-refractivity contribution in [3.8, 4) is 0 Å². The van der Waals surface area contributed by atoms with Gasteiger partial charge in [0, 0.05) is 12.6 Å². The van der Waals surface area contributed by atoms with Gasteiger partial charge >= 0.3 is 0 Å². The van der Waals surface area contributed by atoms with Gasteiger partial charge in [0.2, 0.25) is 0 Å². The molecule has 106 valence electrons. The molecule has 2 unspecified atom stereocenters. The molecule has 0 amide bonds. The summed E-state index contributed by atoms with van der Waals surface area (Å²) < 4.78 is 6.12. The second kappa shape index (κ2) is 5.26. The Morgan fingerprint density at radius 2 is 1.84 bits per heavy atom. The maximum Gasteiger partial charge on any atom is 0.0787 e. The lowest BCUT2D eigenvalue weighted by Crippen LogP contribution is -2.44. The quantitative estimate of drug-likeness (QED) is 0.892. The first kappa shape index (κ1) is 14.5. The molecule has 0 radical (unpaired) electrons. The maximum absolute atomic E-state index is 6.12. The van der Waals surface area contributed by atoms with E-state index < -0.39 is 0 Å². The molecule has 2 atom stereocenters. The van der Waals surface area contributed by atoms with Gasteiger partial charge in [-0.1, -0.05) is 37.3 Å². The van der Waals surface area contributed by atoms with Gasteiger partial charge in [0.15, 0.2) is 0 Å². The van der Waals surface area contributed by atoms with Crippen LogP contribution in [0.25, 0.3) is 0 Å². The van der Waals surface area contributed by atoms with Crippen LogP contribution < -0.4 is 5.32 Å². The fourth-order valence-electron chi connectivity index (χ4n) is 3.10. The van der Waals surface area contributed by atoms with Gasteiger partial charge < -0.3 is 10.1 Å². The van der Waals surface area contributed by atoms with Crippen LogP contribution in [0, 0.1) is 0 Å². The third-order valence-corrected chi connectivity index (χ3v) is 4.11. The smallest absolute Gasteiger partial charge is 0.0787 e. The van der Waals surface area contributed by atoms with Crippen molar-refractivity contribution in [1.82, 2.24) is 5.32 Å². The number of benzene rings is 1. The molecule has 1 aromatic carbocycles. The van der Waals surface area contributed by atoms with Crippen LogP contribution in [0.5, 0.6) is 0 Å². The van der Waals surface area contributed by atoms with Crippen LogP contribution >= 0.6 is 0 Å². The third-order valence-electron chi connectivity index (χ3n) is 4.11. The van der Waals surface area contributed by atoms with Gasteiger partial charge in [0.1, 0.15) is 0 Å². The van der Waals surface area contributed by atoms with Gasteiger partial charge in [-0.3, -0.25) is 0 Å². The number of ether oxygens (including phenoxy) is 1. The summed E-state index contributed by atoms with van der Waals surface area (Å²) in [7, 11) is 0. The number of hydrogen-bond donors (Lipinski definition) is 1. The molecule has 1 saturated heterocycles. The molecule has 1 heterocycles. The van der Waals surface area contributed by atoms with E-state index in [2.05, 4.69) is 70.3 Å². The van der Waals surface area contributed by atoms with Crippen LogP contribution in [0.3, 0.4) is 0 Å². The van der Waals surface area contributed by atoms with Crippen LogP contribution in [0.4, 0.5) is 0 Å². The highest BCUT2D eigenvalue weighted by Crippen LogP contribution is 2.37. The highest BCUT2D eigenvalue weighted by molar-refractivity contribution is 5.19. The van der Waals surface area contributed by atoms with Crippen molar-refractivity contribution in [1.29, 1.82) is 0 Å². The van der Waals surface area contributed by atoms with Crippen molar-refractivity contribution in [3.05, 3.63) is 35.9 Å². The molecule has 0 bridgehead atoms. The maximum atomic E-state index is 6.12. The van der Waals surface area contributed by atoms with Gasteiger partial charge in [0.25, 0.3) is 0 Å². The zero-order valence-electron chi connectivity index (χ0n) is 12.9. The Morgan fingerprint density at radius 1 is 1.21 bits per heavy atom. The summed E-state index contributed by atoms with van der Waals surface area (Å²) in [4.78, 5) is 0. The summed E-state index contributed by atoms with van der Waals surface area (Å²) in [6, 6.07) is 11.1. The molecule has 2 heteroatoms. The first-order chi connectivity index (χ1) is 8.80. The van der Waals surface area contributed by atoms with Crippen LogP contribution in [0.1, 0.15) is 52.5 Å². The Labute approximate surface area is 117 Å². The summed E-state index contributed by atoms with van der Waals surface area (Å²) >= 11 is 0. The molecule has 0 aliphatic carbocycles. The molecule has 19 heavy (non-hydrogen) atoms. The van der Waals surface area contributed by atoms with E-state index in [0.29, 0.717) is 12.0 Å². The van der Waals surface area contributed by atoms with Crippen molar-refractivity contribution in [2.75, 3.05) is 6.54 Å². The van der Waals surface area contributed by atoms with Gasteiger partial charge in [-0.05, 0) is 45.6 Å². The van der Waals surface area contributed by atoms with E-state index in [9.17, 15) is 0 Å². The molecule has 1 fully saturated rings. The summed E-state index contributed by atoms with van der Waals surface area (Å²) in [5.41, 5.74) is 1.29. The molecule has 0 spiro atoms. The number of rotatable bonds is 4. The second-order valence-corrected chi connectivity index (χ2v) is 6.94. The van der Waals surface area contributed by atoms with E-state index in [-0.39, 0.29) is 11.2 Å². The Kier molecular flexibility index (Phi) is 4.03. The molecule has 1 aromatic rings. The standard InChI is InChI=1S/C17H27NO/c1-13(14-9-7-6-8-10-14)12-18-15-11-16(2,3)19-17(15,4)5/h6-10,13,15,18H,11-12H2,1-5H3. The molecule has 1 aliphatic rings. The minimum absolute atomic E-state index is 0.0167. The average molecular weight is 261 g/mol. The van der Waals surface area contributed by atoms with Gasteiger partial charge in [0.05, 0.1) is 11.2 Å². The van der Waals surface area contributed by atoms with Crippen molar-refractivity contribution in [2.24, 2.45) is 0 Å². The molecule has 1 N–H and O–H groups in total. The van der Waals surface area contributed by atoms with E-state index in [0.717, 1.165) is 13.0 Å². The Bertz CT molecular complexity index is 411. The fourth-order valence-corrected chi connectivity index (χ4v) is 3.10. The predicted molar refractivity (Wildman–Crippen MR) is 80.5 cm³/mol. The number of hydrogen-bond acceptors (Lipinski definition) is 2. The van der Waals surface area contributed by atoms with Gasteiger partial charge in [-0.15, -0.1) is 0 Å². The van der Waals surface area contributed by atoms with E-state index in [1.54, 1.807) is 0 Å². The van der Waals surface area contributed by atoms with Crippen molar-refractivity contribution >= 4 is 0 Å². The van der Waals surface area contributed by atoms with Crippen molar-refractivity contribution in [2.45, 2.75) is 64.2 Å². The molecule has 0 saturated carbocycles. The fraction of sp³-hybridized carbons (Fsp3) is 0.647. The lowest BCUT2D eigenvalue weighted by Gasteiger charge is -2.28. The van der Waals surface area contributed by atoms with E-state index in [1.165, 1.54) is 5.56 Å². The minimum atomic E-state index is -0.0834. The Balaban J connectivity index is 1.92. The second-order valence-electron chi connectivity index (χ2n) is 6.94. The van der Waals surface area contributed by atoms with Crippen LogP contribution in [-0.2, 0) is 4.74 Å². The molecular formula is C17H27NO. The zero-order chi connectivity index (χ0) is 14.1. The average Bonchev–Trinajstić information content (AvgIpc) is 2.55. The largest absolute Gasteiger partial charge is 0.368 e. The summed E-state index contributed by atoms with van der Waals surface area (Å²) in [6.45, 7) is 12.0. The summed E-state index contributed by atoms with van der Waals surface area (Å²) in [5, 5.41) is 3.70. The minimum Gasteiger partial charge on any atom is -0.368 e. The van der Waals surface area contributed by atoms with Crippen LogP contribution in [0.15, 0.2) is 30.3 Å². The molecule has 2 nitrogen and oxygen atoms in total. The normalized spacial score (nSPS) is 26.3. The monoisotopic (exact) mass is 261 g/mol. The van der Waals surface area contributed by atoms with Gasteiger partial charge in [-0.25, -0.2) is 0 Å². The number of nitrogens with one attached hydrogen (secondary N) is 1. The van der Waals surface area contributed by atoms with Crippen LogP contribution in [0.2, 0.25) is 0 Å². The first-order valence-electron chi connectivity index (χ1n) is 7.29. The predicted octanol–water partition coefficient (Wildman–Crippen LogP) is 3.73. The summed E-state index contributed by atoms with van der Waals surface area (Å²) in [6.07, 6.45) is 1.07. The van der Waals surface area contributed by atoms with Crippen molar-refractivity contribution in [3.63, 3.8) is 0 Å². The van der Waals surface area contributed by atoms with E-state index in [4.69, 9.17) is 4.74 Å². The molecule has 0 aromatic heterocycles. The first-order valence-corrected chi connectivity index (χ1v) is 7.29. The van der Waals surface area contributed by atoms with E-state index in [1.807, 2.05) is 0 Å². The molecule has 2 rings (SSSR count). The lowest BCUT2D eigenvalue weighted by atomic mass is 9.93. The topological polar surface area (TPSA) is 21.3 Å². The summed E-state index contributed by atoms with van der Waals surface area (Å²) in [5.74, 6) is 0.528. The van der Waals surface area contributed by atoms with Crippen molar-refractivity contribution < 1.29 is 4.74 Å². The lowest BCUT2D eigenvalue weighted by molar-refractivity contribution is -0.0698. The Hall–Kier alpha value is -0.860. The SMILES string of the molecule is CC(CNC1CC(C)(C)OC1(C)C)c1ccccc1.